The minimum Gasteiger partial charge on any atom is -0.481 e. The molecule has 0 radical (unpaired) electrons. The molecule has 0 aliphatic rings. The third-order valence-corrected chi connectivity index (χ3v) is 3.35. The van der Waals surface area contributed by atoms with Gasteiger partial charge in [0.2, 0.25) is 0 Å². The Hall–Kier alpha value is -2.69. The number of hydrogen-bond donors (Lipinski definition) is 1. The quantitative estimate of drug-likeness (QED) is 0.801. The van der Waals surface area contributed by atoms with Gasteiger partial charge in [0.15, 0.2) is 0 Å². The maximum atomic E-state index is 11.2. The van der Waals surface area contributed by atoms with Crippen molar-refractivity contribution in [2.45, 2.75) is 20.3 Å². The minimum atomic E-state index is -0.884. The van der Waals surface area contributed by atoms with Crippen molar-refractivity contribution in [3.8, 4) is 11.4 Å². The second-order valence-electron chi connectivity index (χ2n) is 5.13. The summed E-state index contributed by atoms with van der Waals surface area (Å²) in [6.45, 7) is 3.94. The molecule has 0 aliphatic heterocycles. The number of nitrogens with zero attached hydrogens (tertiary/aromatic N) is 3. The first-order valence-corrected chi connectivity index (χ1v) is 6.67. The first kappa shape index (κ1) is 13.3. The lowest BCUT2D eigenvalue weighted by Crippen LogP contribution is -2.05. The SMILES string of the molecule is Cc1ccc(-c2nc3cc(C)ccn3c2CC(=O)O)nc1. The number of imidazole rings is 1. The third-order valence-electron chi connectivity index (χ3n) is 3.35. The third kappa shape index (κ3) is 2.50. The second kappa shape index (κ2) is 5.01. The van der Waals surface area contributed by atoms with E-state index in [0.29, 0.717) is 17.1 Å². The van der Waals surface area contributed by atoms with Crippen molar-refractivity contribution in [2.24, 2.45) is 0 Å². The molecule has 0 spiro atoms. The van der Waals surface area contributed by atoms with E-state index in [4.69, 9.17) is 5.11 Å². The van der Waals surface area contributed by atoms with Crippen LogP contribution >= 0.6 is 0 Å². The number of aryl methyl sites for hydroxylation is 2. The zero-order valence-electron chi connectivity index (χ0n) is 11.9. The fraction of sp³-hybridized carbons (Fsp3) is 0.188. The highest BCUT2D eigenvalue weighted by atomic mass is 16.4. The van der Waals surface area contributed by atoms with Crippen LogP contribution < -0.4 is 0 Å². The van der Waals surface area contributed by atoms with Crippen LogP contribution in [0, 0.1) is 13.8 Å². The van der Waals surface area contributed by atoms with Crippen molar-refractivity contribution in [1.82, 2.24) is 14.4 Å². The van der Waals surface area contributed by atoms with Gasteiger partial charge in [-0.15, -0.1) is 0 Å². The summed E-state index contributed by atoms with van der Waals surface area (Å²) in [5.74, 6) is -0.884. The van der Waals surface area contributed by atoms with E-state index in [9.17, 15) is 4.79 Å². The molecule has 21 heavy (non-hydrogen) atoms. The molecule has 0 bridgehead atoms. The summed E-state index contributed by atoms with van der Waals surface area (Å²) >= 11 is 0. The van der Waals surface area contributed by atoms with Crippen molar-refractivity contribution < 1.29 is 9.90 Å². The molecule has 3 heterocycles. The van der Waals surface area contributed by atoms with Crippen LogP contribution in [0.3, 0.4) is 0 Å². The number of rotatable bonds is 3. The Morgan fingerprint density at radius 1 is 1.24 bits per heavy atom. The normalized spacial score (nSPS) is 11.0. The molecule has 3 aromatic heterocycles. The van der Waals surface area contributed by atoms with Crippen LogP contribution in [-0.2, 0) is 11.2 Å². The molecule has 0 aliphatic carbocycles. The summed E-state index contributed by atoms with van der Waals surface area (Å²) in [4.78, 5) is 20.1. The lowest BCUT2D eigenvalue weighted by Gasteiger charge is -2.03. The van der Waals surface area contributed by atoms with Crippen LogP contribution in [0.2, 0.25) is 0 Å². The number of aliphatic carboxylic acids is 1. The Balaban J connectivity index is 2.24. The van der Waals surface area contributed by atoms with E-state index in [0.717, 1.165) is 16.8 Å². The monoisotopic (exact) mass is 281 g/mol. The smallest absolute Gasteiger partial charge is 0.309 e. The van der Waals surface area contributed by atoms with Gasteiger partial charge in [-0.25, -0.2) is 4.98 Å². The molecule has 0 saturated carbocycles. The van der Waals surface area contributed by atoms with Crippen LogP contribution in [0.4, 0.5) is 0 Å². The Labute approximate surface area is 121 Å². The average Bonchev–Trinajstić information content (AvgIpc) is 2.77. The highest BCUT2D eigenvalue weighted by molar-refractivity contribution is 5.75. The molecule has 106 valence electrons. The van der Waals surface area contributed by atoms with Gasteiger partial charge in [0, 0.05) is 12.4 Å². The molecule has 0 unspecified atom stereocenters. The van der Waals surface area contributed by atoms with E-state index in [1.54, 1.807) is 6.20 Å². The highest BCUT2D eigenvalue weighted by Gasteiger charge is 2.17. The van der Waals surface area contributed by atoms with E-state index >= 15 is 0 Å². The Kier molecular flexibility index (Phi) is 3.17. The van der Waals surface area contributed by atoms with Gasteiger partial charge in [-0.05, 0) is 43.2 Å². The maximum absolute atomic E-state index is 11.2. The van der Waals surface area contributed by atoms with E-state index in [1.165, 1.54) is 0 Å². The summed E-state index contributed by atoms with van der Waals surface area (Å²) in [7, 11) is 0. The van der Waals surface area contributed by atoms with Crippen LogP contribution in [0.25, 0.3) is 17.0 Å². The van der Waals surface area contributed by atoms with Crippen molar-refractivity contribution in [3.05, 3.63) is 53.5 Å². The zero-order valence-corrected chi connectivity index (χ0v) is 11.9. The summed E-state index contributed by atoms with van der Waals surface area (Å²) in [6.07, 6.45) is 3.53. The molecule has 0 atom stereocenters. The molecule has 0 amide bonds. The maximum Gasteiger partial charge on any atom is 0.309 e. The van der Waals surface area contributed by atoms with E-state index in [-0.39, 0.29) is 6.42 Å². The average molecular weight is 281 g/mol. The number of carboxylic acids is 1. The number of carbonyl (C=O) groups is 1. The number of carboxylic acid groups (broad SMARTS) is 1. The fourth-order valence-corrected chi connectivity index (χ4v) is 2.32. The number of fused-ring (bicyclic) bond motifs is 1. The summed E-state index contributed by atoms with van der Waals surface area (Å²) in [6, 6.07) is 7.69. The number of pyridine rings is 2. The van der Waals surface area contributed by atoms with Gasteiger partial charge in [-0.1, -0.05) is 6.07 Å². The number of aromatic nitrogens is 3. The van der Waals surface area contributed by atoms with Crippen LogP contribution in [0.1, 0.15) is 16.8 Å². The minimum absolute atomic E-state index is 0.0882. The Morgan fingerprint density at radius 2 is 2.05 bits per heavy atom. The van der Waals surface area contributed by atoms with Gasteiger partial charge in [-0.3, -0.25) is 9.78 Å². The van der Waals surface area contributed by atoms with Crippen molar-refractivity contribution in [3.63, 3.8) is 0 Å². The lowest BCUT2D eigenvalue weighted by atomic mass is 10.1. The second-order valence-corrected chi connectivity index (χ2v) is 5.13. The van der Waals surface area contributed by atoms with Gasteiger partial charge >= 0.3 is 5.97 Å². The predicted octanol–water partition coefficient (Wildman–Crippen LogP) is 2.64. The molecular formula is C16H15N3O2. The topological polar surface area (TPSA) is 67.5 Å². The molecule has 3 aromatic rings. The molecule has 0 saturated heterocycles. The lowest BCUT2D eigenvalue weighted by molar-refractivity contribution is -0.136. The molecule has 3 rings (SSSR count). The predicted molar refractivity (Wildman–Crippen MR) is 79.2 cm³/mol. The zero-order chi connectivity index (χ0) is 15.0. The van der Waals surface area contributed by atoms with Gasteiger partial charge in [0.1, 0.15) is 11.3 Å². The first-order chi connectivity index (χ1) is 10.0. The van der Waals surface area contributed by atoms with Crippen molar-refractivity contribution in [2.75, 3.05) is 0 Å². The number of hydrogen-bond acceptors (Lipinski definition) is 3. The van der Waals surface area contributed by atoms with Crippen molar-refractivity contribution >= 4 is 11.6 Å². The molecule has 5 nitrogen and oxygen atoms in total. The summed E-state index contributed by atoms with van der Waals surface area (Å²) in [5, 5.41) is 9.15. The van der Waals surface area contributed by atoms with Gasteiger partial charge in [-0.2, -0.15) is 0 Å². The van der Waals surface area contributed by atoms with Gasteiger partial charge in [0.25, 0.3) is 0 Å². The largest absolute Gasteiger partial charge is 0.481 e. The Morgan fingerprint density at radius 3 is 2.71 bits per heavy atom. The van der Waals surface area contributed by atoms with Gasteiger partial charge < -0.3 is 9.51 Å². The van der Waals surface area contributed by atoms with Gasteiger partial charge in [0.05, 0.1) is 17.8 Å². The first-order valence-electron chi connectivity index (χ1n) is 6.67. The Bertz CT molecular complexity index is 819. The van der Waals surface area contributed by atoms with E-state index < -0.39 is 5.97 Å². The van der Waals surface area contributed by atoms with E-state index in [2.05, 4.69) is 9.97 Å². The van der Waals surface area contributed by atoms with Crippen LogP contribution in [-0.4, -0.2) is 25.4 Å². The molecule has 5 heteroatoms. The van der Waals surface area contributed by atoms with E-state index in [1.807, 2.05) is 48.7 Å². The molecule has 0 fully saturated rings. The molecule has 1 N–H and O–H groups in total. The molecular weight excluding hydrogens is 266 g/mol. The van der Waals surface area contributed by atoms with Crippen molar-refractivity contribution in [1.29, 1.82) is 0 Å². The summed E-state index contributed by atoms with van der Waals surface area (Å²) < 4.78 is 1.82. The fourth-order valence-electron chi connectivity index (χ4n) is 2.32. The highest BCUT2D eigenvalue weighted by Crippen LogP contribution is 2.24. The summed E-state index contributed by atoms with van der Waals surface area (Å²) in [5.41, 5.74) is 4.84. The van der Waals surface area contributed by atoms with Crippen LogP contribution in [0.15, 0.2) is 36.7 Å². The van der Waals surface area contributed by atoms with Crippen LogP contribution in [0.5, 0.6) is 0 Å². The molecule has 0 aromatic carbocycles. The standard InChI is InChI=1S/C16H15N3O2/c1-10-5-6-19-13(8-15(20)21)16(18-14(19)7-10)12-4-3-11(2)9-17-12/h3-7,9H,8H2,1-2H3,(H,20,21).